The predicted molar refractivity (Wildman–Crippen MR) is 101 cm³/mol. The summed E-state index contributed by atoms with van der Waals surface area (Å²) in [6.07, 6.45) is 0.348. The summed E-state index contributed by atoms with van der Waals surface area (Å²) < 4.78 is 0. The third-order valence-electron chi connectivity index (χ3n) is 3.99. The van der Waals surface area contributed by atoms with Crippen LogP contribution in [0.4, 0.5) is 11.4 Å². The van der Waals surface area contributed by atoms with Crippen LogP contribution in [0.15, 0.2) is 41.5 Å². The van der Waals surface area contributed by atoms with Crippen LogP contribution < -0.4 is 5.32 Å². The number of benzene rings is 2. The van der Waals surface area contributed by atoms with Gasteiger partial charge in [0.25, 0.3) is 0 Å². The minimum absolute atomic E-state index is 0.0663. The number of anilines is 1. The molecule has 0 radical (unpaired) electrons. The molecule has 0 saturated heterocycles. The molecule has 0 atom stereocenters. The van der Waals surface area contributed by atoms with Crippen LogP contribution in [-0.4, -0.2) is 16.8 Å². The average molecular weight is 353 g/mol. The number of phenols is 1. The first-order valence-corrected chi connectivity index (χ1v) is 8.37. The molecule has 1 amide bonds. The van der Waals surface area contributed by atoms with E-state index >= 15 is 0 Å². The molecule has 0 aromatic heterocycles. The molecule has 2 aromatic carbocycles. The molecule has 6 nitrogen and oxygen atoms in total. The topological polar surface area (TPSA) is 103 Å². The van der Waals surface area contributed by atoms with Gasteiger partial charge in [0.15, 0.2) is 5.78 Å². The van der Waals surface area contributed by atoms with Crippen molar-refractivity contribution in [1.29, 1.82) is 5.53 Å². The number of hydrogen-bond donors (Lipinski definition) is 3. The number of carbonyl (C=O) groups is 2. The highest BCUT2D eigenvalue weighted by molar-refractivity contribution is 5.98. The average Bonchev–Trinajstić information content (AvgIpc) is 2.60. The standard InChI is InChI=1S/C20H23N3O3/c1-5-17(24)12-6-8-14(18(25)10-12)15-11-13(7-9-16(15)23-21)22-19(26)20(2,3)4/h6-11,21,25H,5H2,1-4H3,(H,22,26). The number of ketones is 1. The van der Waals surface area contributed by atoms with Crippen molar-refractivity contribution >= 4 is 23.1 Å². The molecule has 3 N–H and O–H groups in total. The summed E-state index contributed by atoms with van der Waals surface area (Å²) in [6, 6.07) is 9.59. The van der Waals surface area contributed by atoms with Crippen LogP contribution in [0.25, 0.3) is 11.1 Å². The quantitative estimate of drug-likeness (QED) is 0.502. The SMILES string of the molecule is CCC(=O)c1ccc(-c2cc(NC(=O)C(C)(C)C)ccc2N=N)c(O)c1. The maximum Gasteiger partial charge on any atom is 0.229 e. The van der Waals surface area contributed by atoms with Gasteiger partial charge in [-0.1, -0.05) is 33.8 Å². The molecule has 2 rings (SSSR count). The lowest BCUT2D eigenvalue weighted by Gasteiger charge is -2.18. The van der Waals surface area contributed by atoms with E-state index < -0.39 is 5.41 Å². The molecule has 0 aliphatic heterocycles. The van der Waals surface area contributed by atoms with Crippen LogP contribution in [0.3, 0.4) is 0 Å². The summed E-state index contributed by atoms with van der Waals surface area (Å²) in [6.45, 7) is 7.19. The van der Waals surface area contributed by atoms with E-state index in [1.807, 2.05) is 20.8 Å². The Morgan fingerprint density at radius 2 is 1.81 bits per heavy atom. The van der Waals surface area contributed by atoms with E-state index in [1.165, 1.54) is 6.07 Å². The first kappa shape index (κ1) is 19.3. The van der Waals surface area contributed by atoms with Crippen LogP contribution in [-0.2, 0) is 4.79 Å². The summed E-state index contributed by atoms with van der Waals surface area (Å²) in [5, 5.41) is 16.7. The van der Waals surface area contributed by atoms with Crippen molar-refractivity contribution < 1.29 is 14.7 Å². The Labute approximate surface area is 152 Å². The van der Waals surface area contributed by atoms with Crippen molar-refractivity contribution in [3.05, 3.63) is 42.0 Å². The molecule has 0 spiro atoms. The fourth-order valence-electron chi connectivity index (χ4n) is 2.38. The minimum atomic E-state index is -0.553. The highest BCUT2D eigenvalue weighted by Gasteiger charge is 2.22. The highest BCUT2D eigenvalue weighted by atomic mass is 16.3. The highest BCUT2D eigenvalue weighted by Crippen LogP contribution is 2.38. The number of carbonyl (C=O) groups excluding carboxylic acids is 2. The van der Waals surface area contributed by atoms with Crippen LogP contribution in [0.5, 0.6) is 5.75 Å². The van der Waals surface area contributed by atoms with Gasteiger partial charge in [0, 0.05) is 34.2 Å². The maximum absolute atomic E-state index is 12.2. The maximum atomic E-state index is 12.2. The molecule has 0 aliphatic carbocycles. The van der Waals surface area contributed by atoms with Gasteiger partial charge in [-0.25, -0.2) is 5.53 Å². The smallest absolute Gasteiger partial charge is 0.229 e. The van der Waals surface area contributed by atoms with E-state index in [9.17, 15) is 14.7 Å². The van der Waals surface area contributed by atoms with Crippen molar-refractivity contribution in [3.63, 3.8) is 0 Å². The van der Waals surface area contributed by atoms with Crippen LogP contribution in [0, 0.1) is 10.9 Å². The lowest BCUT2D eigenvalue weighted by Crippen LogP contribution is -2.27. The molecule has 2 aromatic rings. The first-order chi connectivity index (χ1) is 12.2. The Bertz CT molecular complexity index is 867. The Morgan fingerprint density at radius 3 is 2.35 bits per heavy atom. The summed E-state index contributed by atoms with van der Waals surface area (Å²) in [5.74, 6) is -0.288. The number of rotatable bonds is 5. The number of aromatic hydroxyl groups is 1. The van der Waals surface area contributed by atoms with Gasteiger partial charge in [-0.3, -0.25) is 9.59 Å². The Morgan fingerprint density at radius 1 is 1.12 bits per heavy atom. The fourth-order valence-corrected chi connectivity index (χ4v) is 2.38. The van der Waals surface area contributed by atoms with Gasteiger partial charge >= 0.3 is 0 Å². The zero-order valence-electron chi connectivity index (χ0n) is 15.4. The van der Waals surface area contributed by atoms with Crippen molar-refractivity contribution in [3.8, 4) is 16.9 Å². The summed E-state index contributed by atoms with van der Waals surface area (Å²) in [5.41, 5.74) is 9.06. The molecular formula is C20H23N3O3. The predicted octanol–water partition coefficient (Wildman–Crippen LogP) is 5.30. The van der Waals surface area contributed by atoms with Gasteiger partial charge in [0.1, 0.15) is 5.75 Å². The van der Waals surface area contributed by atoms with Crippen LogP contribution in [0.1, 0.15) is 44.5 Å². The number of phenolic OH excluding ortho intramolecular Hbond substituents is 1. The molecule has 0 bridgehead atoms. The normalized spacial score (nSPS) is 11.1. The number of nitrogens with one attached hydrogen (secondary N) is 2. The minimum Gasteiger partial charge on any atom is -0.507 e. The number of Topliss-reactive ketones (excluding diaryl/α,β-unsaturated/α-hetero) is 1. The van der Waals surface area contributed by atoms with E-state index in [0.717, 1.165) is 0 Å². The molecule has 0 fully saturated rings. The summed E-state index contributed by atoms with van der Waals surface area (Å²) in [7, 11) is 0. The molecule has 0 heterocycles. The summed E-state index contributed by atoms with van der Waals surface area (Å²) >= 11 is 0. The van der Waals surface area contributed by atoms with Crippen LogP contribution >= 0.6 is 0 Å². The van der Waals surface area contributed by atoms with Crippen molar-refractivity contribution in [2.45, 2.75) is 34.1 Å². The van der Waals surface area contributed by atoms with Gasteiger partial charge in [0.05, 0.1) is 5.69 Å². The van der Waals surface area contributed by atoms with E-state index in [4.69, 9.17) is 5.53 Å². The van der Waals surface area contributed by atoms with E-state index in [0.29, 0.717) is 34.5 Å². The molecule has 26 heavy (non-hydrogen) atoms. The summed E-state index contributed by atoms with van der Waals surface area (Å²) in [4.78, 5) is 24.0. The Hall–Kier alpha value is -3.02. The van der Waals surface area contributed by atoms with Gasteiger partial charge in [-0.05, 0) is 30.3 Å². The zero-order chi connectivity index (χ0) is 19.5. The van der Waals surface area contributed by atoms with Crippen molar-refractivity contribution in [1.82, 2.24) is 0 Å². The Balaban J connectivity index is 2.48. The number of nitrogens with zero attached hydrogens (tertiary/aromatic N) is 1. The second-order valence-corrected chi connectivity index (χ2v) is 7.06. The molecule has 0 saturated carbocycles. The third kappa shape index (κ3) is 4.14. The van der Waals surface area contributed by atoms with Crippen molar-refractivity contribution in [2.24, 2.45) is 10.5 Å². The van der Waals surface area contributed by atoms with E-state index in [1.54, 1.807) is 37.3 Å². The lowest BCUT2D eigenvalue weighted by atomic mass is 9.95. The van der Waals surface area contributed by atoms with Gasteiger partial charge in [0.2, 0.25) is 5.91 Å². The fraction of sp³-hybridized carbons (Fsp3) is 0.300. The zero-order valence-corrected chi connectivity index (χ0v) is 15.4. The lowest BCUT2D eigenvalue weighted by molar-refractivity contribution is -0.123. The molecule has 0 unspecified atom stereocenters. The van der Waals surface area contributed by atoms with Gasteiger partial charge in [-0.2, -0.15) is 5.11 Å². The number of amides is 1. The largest absolute Gasteiger partial charge is 0.507 e. The van der Waals surface area contributed by atoms with Gasteiger partial charge < -0.3 is 10.4 Å². The second kappa shape index (κ2) is 7.47. The first-order valence-electron chi connectivity index (χ1n) is 8.37. The van der Waals surface area contributed by atoms with E-state index in [-0.39, 0.29) is 17.4 Å². The Kier molecular flexibility index (Phi) is 5.55. The molecule has 136 valence electrons. The molecule has 0 aliphatic rings. The van der Waals surface area contributed by atoms with Crippen molar-refractivity contribution in [2.75, 3.05) is 5.32 Å². The monoisotopic (exact) mass is 353 g/mol. The number of hydrogen-bond acceptors (Lipinski definition) is 5. The van der Waals surface area contributed by atoms with Gasteiger partial charge in [-0.15, -0.1) is 0 Å². The third-order valence-corrected chi connectivity index (χ3v) is 3.99. The molecule has 6 heteroatoms. The van der Waals surface area contributed by atoms with Crippen LogP contribution in [0.2, 0.25) is 0 Å². The second-order valence-electron chi connectivity index (χ2n) is 7.06. The van der Waals surface area contributed by atoms with E-state index in [2.05, 4.69) is 10.4 Å². The molecular weight excluding hydrogens is 330 g/mol.